The minimum absolute atomic E-state index is 0.0670. The monoisotopic (exact) mass is 280 g/mol. The Hall–Kier alpha value is 0.0300. The van der Waals surface area contributed by atoms with Crippen molar-refractivity contribution in [1.82, 2.24) is 0 Å². The van der Waals surface area contributed by atoms with E-state index in [0.29, 0.717) is 5.41 Å². The molecule has 0 aromatic rings. The molecule has 0 aliphatic heterocycles. The zero-order valence-corrected chi connectivity index (χ0v) is 12.1. The molecule has 7 heteroatoms. The summed E-state index contributed by atoms with van der Waals surface area (Å²) >= 11 is 0. The molecule has 6 nitrogen and oxygen atoms in total. The van der Waals surface area contributed by atoms with Crippen LogP contribution in [-0.2, 0) is 13.6 Å². The van der Waals surface area contributed by atoms with Gasteiger partial charge in [-0.2, -0.15) is 0 Å². The number of nitrogens with two attached hydrogens (primary N) is 2. The Labute approximate surface area is 109 Å². The summed E-state index contributed by atoms with van der Waals surface area (Å²) in [6, 6.07) is -0.445. The quantitative estimate of drug-likeness (QED) is 0.634. The maximum atomic E-state index is 11.7. The highest BCUT2D eigenvalue weighted by molar-refractivity contribution is 7.47. The van der Waals surface area contributed by atoms with Crippen molar-refractivity contribution in [2.24, 2.45) is 16.9 Å². The first kappa shape index (κ1) is 16.1. The predicted molar refractivity (Wildman–Crippen MR) is 69.9 cm³/mol. The van der Waals surface area contributed by atoms with Crippen LogP contribution in [0, 0.1) is 5.41 Å². The molecule has 0 aromatic carbocycles. The van der Waals surface area contributed by atoms with Crippen LogP contribution in [0.2, 0.25) is 0 Å². The van der Waals surface area contributed by atoms with Gasteiger partial charge in [-0.1, -0.05) is 13.8 Å². The number of phosphoric acid groups is 1. The summed E-state index contributed by atoms with van der Waals surface area (Å²) < 4.78 is 21.7. The first-order chi connectivity index (χ1) is 8.24. The molecule has 0 saturated heterocycles. The standard InChI is InChI=1S/C11H25N2O4P/c1-11(2)5-3-10(4-6-11)17-18(14,15)16-8-9(13)7-12/h9-10H,3-8,12-13H2,1-2H3,(H,14,15). The van der Waals surface area contributed by atoms with Gasteiger partial charge < -0.3 is 16.4 Å². The highest BCUT2D eigenvalue weighted by Crippen LogP contribution is 2.48. The summed E-state index contributed by atoms with van der Waals surface area (Å²) in [7, 11) is -4.01. The summed E-state index contributed by atoms with van der Waals surface area (Å²) in [5.41, 5.74) is 11.1. The van der Waals surface area contributed by atoms with E-state index in [1.807, 2.05) is 0 Å². The molecule has 18 heavy (non-hydrogen) atoms. The minimum atomic E-state index is -4.01. The molecule has 2 atom stereocenters. The molecule has 0 bridgehead atoms. The molecule has 108 valence electrons. The van der Waals surface area contributed by atoms with Crippen LogP contribution in [0.3, 0.4) is 0 Å². The molecule has 1 rings (SSSR count). The lowest BCUT2D eigenvalue weighted by Gasteiger charge is -2.34. The van der Waals surface area contributed by atoms with Crippen LogP contribution < -0.4 is 11.5 Å². The van der Waals surface area contributed by atoms with E-state index in [1.54, 1.807) is 0 Å². The topological polar surface area (TPSA) is 108 Å². The minimum Gasteiger partial charge on any atom is -0.329 e. The second-order valence-corrected chi connectivity index (χ2v) is 7.14. The average Bonchev–Trinajstić information content (AvgIpc) is 2.29. The maximum Gasteiger partial charge on any atom is 0.472 e. The van der Waals surface area contributed by atoms with E-state index in [4.69, 9.17) is 20.5 Å². The largest absolute Gasteiger partial charge is 0.472 e. The van der Waals surface area contributed by atoms with Gasteiger partial charge in [-0.05, 0) is 31.1 Å². The molecule has 5 N–H and O–H groups in total. The van der Waals surface area contributed by atoms with Gasteiger partial charge in [0, 0.05) is 12.6 Å². The van der Waals surface area contributed by atoms with Crippen LogP contribution in [-0.4, -0.2) is 30.2 Å². The molecular weight excluding hydrogens is 255 g/mol. The Balaban J connectivity index is 2.35. The lowest BCUT2D eigenvalue weighted by atomic mass is 9.76. The van der Waals surface area contributed by atoms with Crippen LogP contribution in [0.15, 0.2) is 0 Å². The third-order valence-corrected chi connectivity index (χ3v) is 4.36. The summed E-state index contributed by atoms with van der Waals surface area (Å²) in [4.78, 5) is 9.56. The SMILES string of the molecule is CC1(C)CCC(OP(=O)(O)OCC(N)CN)CC1. The molecule has 0 radical (unpaired) electrons. The number of rotatable bonds is 6. The first-order valence-corrected chi connectivity index (χ1v) is 7.85. The van der Waals surface area contributed by atoms with Crippen molar-refractivity contribution in [2.45, 2.75) is 51.7 Å². The van der Waals surface area contributed by atoms with Gasteiger partial charge in [0.15, 0.2) is 0 Å². The van der Waals surface area contributed by atoms with E-state index < -0.39 is 13.9 Å². The second kappa shape index (κ2) is 6.46. The molecular formula is C11H25N2O4P. The van der Waals surface area contributed by atoms with Crippen LogP contribution in [0.5, 0.6) is 0 Å². The fourth-order valence-electron chi connectivity index (χ4n) is 1.95. The summed E-state index contributed by atoms with van der Waals surface area (Å²) in [6.07, 6.45) is 3.33. The Bertz CT molecular complexity index is 301. The van der Waals surface area contributed by atoms with Gasteiger partial charge in [0.05, 0.1) is 12.7 Å². The van der Waals surface area contributed by atoms with Gasteiger partial charge in [-0.25, -0.2) is 4.57 Å². The van der Waals surface area contributed by atoms with Crippen molar-refractivity contribution in [2.75, 3.05) is 13.2 Å². The molecule has 1 fully saturated rings. The molecule has 1 aliphatic rings. The zero-order chi connectivity index (χ0) is 13.8. The van der Waals surface area contributed by atoms with Crippen molar-refractivity contribution in [3.05, 3.63) is 0 Å². The Kier molecular flexibility index (Phi) is 5.77. The van der Waals surface area contributed by atoms with Gasteiger partial charge in [0.2, 0.25) is 0 Å². The lowest BCUT2D eigenvalue weighted by molar-refractivity contribution is 0.0538. The molecule has 0 aromatic heterocycles. The molecule has 0 heterocycles. The zero-order valence-electron chi connectivity index (χ0n) is 11.2. The van der Waals surface area contributed by atoms with E-state index in [-0.39, 0.29) is 19.3 Å². The van der Waals surface area contributed by atoms with Gasteiger partial charge in [-0.15, -0.1) is 0 Å². The fraction of sp³-hybridized carbons (Fsp3) is 1.00. The van der Waals surface area contributed by atoms with E-state index >= 15 is 0 Å². The average molecular weight is 280 g/mol. The Morgan fingerprint density at radius 3 is 2.50 bits per heavy atom. The smallest absolute Gasteiger partial charge is 0.329 e. The van der Waals surface area contributed by atoms with Gasteiger partial charge in [-0.3, -0.25) is 9.05 Å². The first-order valence-electron chi connectivity index (χ1n) is 6.35. The van der Waals surface area contributed by atoms with Crippen molar-refractivity contribution < 1.29 is 18.5 Å². The highest BCUT2D eigenvalue weighted by Gasteiger charge is 2.33. The van der Waals surface area contributed by atoms with Gasteiger partial charge in [0.25, 0.3) is 0 Å². The lowest BCUT2D eigenvalue weighted by Crippen LogP contribution is -2.34. The normalized spacial score (nSPS) is 25.6. The van der Waals surface area contributed by atoms with E-state index in [2.05, 4.69) is 13.8 Å². The van der Waals surface area contributed by atoms with Crippen LogP contribution in [0.25, 0.3) is 0 Å². The number of hydrogen-bond acceptors (Lipinski definition) is 5. The maximum absolute atomic E-state index is 11.7. The molecule has 1 saturated carbocycles. The second-order valence-electron chi connectivity index (χ2n) is 5.73. The molecule has 0 spiro atoms. The van der Waals surface area contributed by atoms with Crippen molar-refractivity contribution >= 4 is 7.82 Å². The molecule has 1 aliphatic carbocycles. The predicted octanol–water partition coefficient (Wildman–Crippen LogP) is 1.37. The van der Waals surface area contributed by atoms with Crippen LogP contribution in [0.1, 0.15) is 39.5 Å². The van der Waals surface area contributed by atoms with Gasteiger partial charge in [0.1, 0.15) is 0 Å². The summed E-state index contributed by atoms with van der Waals surface area (Å²) in [5, 5.41) is 0. The van der Waals surface area contributed by atoms with Crippen LogP contribution >= 0.6 is 7.82 Å². The van der Waals surface area contributed by atoms with E-state index in [9.17, 15) is 9.46 Å². The summed E-state index contributed by atoms with van der Waals surface area (Å²) in [5.74, 6) is 0. The Morgan fingerprint density at radius 2 is 2.00 bits per heavy atom. The van der Waals surface area contributed by atoms with Gasteiger partial charge >= 0.3 is 7.82 Å². The summed E-state index contributed by atoms with van der Waals surface area (Å²) in [6.45, 7) is 4.52. The highest BCUT2D eigenvalue weighted by atomic mass is 31.2. The molecule has 2 unspecified atom stereocenters. The third-order valence-electron chi connectivity index (χ3n) is 3.32. The van der Waals surface area contributed by atoms with Crippen LogP contribution in [0.4, 0.5) is 0 Å². The van der Waals surface area contributed by atoms with Crippen molar-refractivity contribution in [1.29, 1.82) is 0 Å². The van der Waals surface area contributed by atoms with Crippen molar-refractivity contribution in [3.8, 4) is 0 Å². The van der Waals surface area contributed by atoms with E-state index in [1.165, 1.54) is 0 Å². The molecule has 0 amide bonds. The number of phosphoric ester groups is 1. The Morgan fingerprint density at radius 1 is 1.44 bits per heavy atom. The fourth-order valence-corrected chi connectivity index (χ4v) is 2.98. The van der Waals surface area contributed by atoms with E-state index in [0.717, 1.165) is 25.7 Å². The number of hydrogen-bond donors (Lipinski definition) is 3. The van der Waals surface area contributed by atoms with Crippen molar-refractivity contribution in [3.63, 3.8) is 0 Å². The third kappa shape index (κ3) is 5.78.